The minimum atomic E-state index is -0.0279. The van der Waals surface area contributed by atoms with Crippen molar-refractivity contribution < 1.29 is 4.79 Å². The molecule has 94 valence electrons. The quantitative estimate of drug-likeness (QED) is 0.808. The lowest BCUT2D eigenvalue weighted by molar-refractivity contribution is 0.0960. The second-order valence-electron chi connectivity index (χ2n) is 4.11. The van der Waals surface area contributed by atoms with E-state index in [0.29, 0.717) is 17.3 Å². The van der Waals surface area contributed by atoms with Crippen LogP contribution >= 0.6 is 23.1 Å². The summed E-state index contributed by atoms with van der Waals surface area (Å²) < 4.78 is 1.24. The minimum absolute atomic E-state index is 0.0279. The topological polar surface area (TPSA) is 55.1 Å². The zero-order valence-corrected chi connectivity index (χ0v) is 11.8. The van der Waals surface area contributed by atoms with Gasteiger partial charge >= 0.3 is 0 Å². The van der Waals surface area contributed by atoms with E-state index in [1.54, 1.807) is 23.1 Å². The summed E-state index contributed by atoms with van der Waals surface area (Å²) in [6, 6.07) is 0. The minimum Gasteiger partial charge on any atom is -0.397 e. The van der Waals surface area contributed by atoms with E-state index in [0.717, 1.165) is 11.4 Å². The lowest BCUT2D eigenvalue weighted by Crippen LogP contribution is -2.22. The third-order valence-electron chi connectivity index (χ3n) is 2.75. The predicted molar refractivity (Wildman–Crippen MR) is 75.1 cm³/mol. The van der Waals surface area contributed by atoms with Crippen LogP contribution in [0.5, 0.6) is 0 Å². The number of nitrogens with two attached hydrogens (primary N) is 1. The summed E-state index contributed by atoms with van der Waals surface area (Å²) in [5.74, 6) is 1.59. The molecule has 17 heavy (non-hydrogen) atoms. The molecule has 0 aromatic carbocycles. The first kappa shape index (κ1) is 12.8. The van der Waals surface area contributed by atoms with Gasteiger partial charge in [-0.2, -0.15) is 0 Å². The monoisotopic (exact) mass is 270 g/mol. The number of nitrogens with one attached hydrogen (secondary N) is 1. The fourth-order valence-electron chi connectivity index (χ4n) is 1.84. The smallest absolute Gasteiger partial charge is 0.263 e. The van der Waals surface area contributed by atoms with Crippen molar-refractivity contribution in [3.8, 4) is 0 Å². The molecule has 0 atom stereocenters. The van der Waals surface area contributed by atoms with Gasteiger partial charge in [-0.15, -0.1) is 23.1 Å². The second kappa shape index (κ2) is 5.31. The molecule has 1 saturated carbocycles. The van der Waals surface area contributed by atoms with Gasteiger partial charge in [0.15, 0.2) is 0 Å². The molecule has 1 fully saturated rings. The first-order valence-corrected chi connectivity index (χ1v) is 7.82. The maximum Gasteiger partial charge on any atom is 0.263 e. The third kappa shape index (κ3) is 2.60. The van der Waals surface area contributed by atoms with Gasteiger partial charge in [0.05, 0.1) is 9.90 Å². The van der Waals surface area contributed by atoms with Crippen molar-refractivity contribution in [2.24, 2.45) is 0 Å². The lowest BCUT2D eigenvalue weighted by Gasteiger charge is -2.02. The molecule has 3 N–H and O–H groups in total. The van der Waals surface area contributed by atoms with Crippen LogP contribution in [-0.4, -0.2) is 18.2 Å². The second-order valence-corrected chi connectivity index (χ2v) is 6.67. The predicted octanol–water partition coefficient (Wildman–Crippen LogP) is 3.07. The Morgan fingerprint density at radius 1 is 1.53 bits per heavy atom. The van der Waals surface area contributed by atoms with Crippen LogP contribution in [0, 0.1) is 0 Å². The van der Waals surface area contributed by atoms with Crippen LogP contribution < -0.4 is 11.1 Å². The summed E-state index contributed by atoms with van der Waals surface area (Å²) in [6.45, 7) is 4.69. The first-order valence-electron chi connectivity index (χ1n) is 6.02. The average molecular weight is 270 g/mol. The highest BCUT2D eigenvalue weighted by Gasteiger charge is 2.32. The molecule has 1 amide bonds. The highest BCUT2D eigenvalue weighted by atomic mass is 32.2. The highest BCUT2D eigenvalue weighted by molar-refractivity contribution is 8.01. The number of hydrogen-bond acceptors (Lipinski definition) is 4. The Hall–Kier alpha value is -0.680. The fourth-order valence-corrected chi connectivity index (χ4v) is 4.33. The van der Waals surface area contributed by atoms with Crippen LogP contribution in [0.4, 0.5) is 5.69 Å². The van der Waals surface area contributed by atoms with E-state index in [2.05, 4.69) is 12.2 Å². The molecule has 3 nitrogen and oxygen atoms in total. The summed E-state index contributed by atoms with van der Waals surface area (Å²) in [5, 5.41) is 2.83. The van der Waals surface area contributed by atoms with Crippen molar-refractivity contribution in [2.75, 3.05) is 18.0 Å². The molecule has 1 aromatic heterocycles. The van der Waals surface area contributed by atoms with E-state index in [1.807, 2.05) is 6.92 Å². The normalized spacial score (nSPS) is 14.9. The number of amides is 1. The van der Waals surface area contributed by atoms with E-state index in [9.17, 15) is 4.79 Å². The van der Waals surface area contributed by atoms with Crippen molar-refractivity contribution in [2.45, 2.75) is 36.8 Å². The number of nitrogen functional groups attached to an aromatic ring is 1. The molecule has 0 aliphatic heterocycles. The molecule has 5 heteroatoms. The Balaban J connectivity index is 2.33. The van der Waals surface area contributed by atoms with Crippen molar-refractivity contribution in [3.63, 3.8) is 0 Å². The van der Waals surface area contributed by atoms with Gasteiger partial charge in [-0.05, 0) is 31.4 Å². The molecular weight excluding hydrogens is 252 g/mol. The first-order chi connectivity index (χ1) is 8.19. The standard InChI is InChI=1S/C12H18N2OS2/c1-3-14-11(15)10-9(13)8(7-5-6-7)12(17-10)16-4-2/h7H,3-6,13H2,1-2H3,(H,14,15). The number of thioether (sulfide) groups is 1. The summed E-state index contributed by atoms with van der Waals surface area (Å²) in [4.78, 5) is 12.6. The Bertz CT molecular complexity index is 424. The molecule has 1 aliphatic carbocycles. The van der Waals surface area contributed by atoms with Crippen LogP contribution in [0.2, 0.25) is 0 Å². The number of thiophene rings is 1. The van der Waals surface area contributed by atoms with Crippen LogP contribution in [0.15, 0.2) is 4.21 Å². The molecule has 1 aromatic rings. The zero-order valence-electron chi connectivity index (χ0n) is 10.2. The molecule has 0 spiro atoms. The molecular formula is C12H18N2OS2. The number of carbonyl (C=O) groups is 1. The van der Waals surface area contributed by atoms with Gasteiger partial charge in [0.2, 0.25) is 0 Å². The van der Waals surface area contributed by atoms with Gasteiger partial charge < -0.3 is 11.1 Å². The number of hydrogen-bond donors (Lipinski definition) is 2. The van der Waals surface area contributed by atoms with E-state index < -0.39 is 0 Å². The van der Waals surface area contributed by atoms with Crippen LogP contribution in [0.25, 0.3) is 0 Å². The summed E-state index contributed by atoms with van der Waals surface area (Å²) in [7, 11) is 0. The van der Waals surface area contributed by atoms with Gasteiger partial charge in [0.1, 0.15) is 4.88 Å². The zero-order chi connectivity index (χ0) is 12.4. The maximum atomic E-state index is 11.9. The molecule has 0 bridgehead atoms. The largest absolute Gasteiger partial charge is 0.397 e. The molecule has 0 saturated heterocycles. The SMILES string of the molecule is CCNC(=O)c1sc(SCC)c(C2CC2)c1N. The van der Waals surface area contributed by atoms with E-state index in [-0.39, 0.29) is 5.91 Å². The van der Waals surface area contributed by atoms with Crippen molar-refractivity contribution in [3.05, 3.63) is 10.4 Å². The van der Waals surface area contributed by atoms with Gasteiger partial charge in [0, 0.05) is 12.1 Å². The average Bonchev–Trinajstić information content (AvgIpc) is 3.06. The van der Waals surface area contributed by atoms with E-state index >= 15 is 0 Å². The molecule has 0 unspecified atom stereocenters. The van der Waals surface area contributed by atoms with Gasteiger partial charge in [-0.1, -0.05) is 6.92 Å². The van der Waals surface area contributed by atoms with E-state index in [1.165, 1.54) is 22.6 Å². The fraction of sp³-hybridized carbons (Fsp3) is 0.583. The van der Waals surface area contributed by atoms with Gasteiger partial charge in [-0.3, -0.25) is 4.79 Å². The van der Waals surface area contributed by atoms with Crippen molar-refractivity contribution in [1.29, 1.82) is 0 Å². The number of carbonyl (C=O) groups excluding carboxylic acids is 1. The van der Waals surface area contributed by atoms with Crippen molar-refractivity contribution in [1.82, 2.24) is 5.32 Å². The van der Waals surface area contributed by atoms with Crippen LogP contribution in [0.3, 0.4) is 0 Å². The molecule has 1 aliphatic rings. The Labute approximate surface area is 110 Å². The van der Waals surface area contributed by atoms with Crippen LogP contribution in [-0.2, 0) is 0 Å². The van der Waals surface area contributed by atoms with Gasteiger partial charge in [-0.25, -0.2) is 0 Å². The van der Waals surface area contributed by atoms with Gasteiger partial charge in [0.25, 0.3) is 5.91 Å². The summed E-state index contributed by atoms with van der Waals surface area (Å²) in [5.41, 5.74) is 8.10. The summed E-state index contributed by atoms with van der Waals surface area (Å²) >= 11 is 3.35. The Morgan fingerprint density at radius 2 is 2.24 bits per heavy atom. The Kier molecular flexibility index (Phi) is 3.99. The highest BCUT2D eigenvalue weighted by Crippen LogP contribution is 2.51. The van der Waals surface area contributed by atoms with Crippen LogP contribution in [0.1, 0.15) is 47.8 Å². The number of rotatable bonds is 5. The maximum absolute atomic E-state index is 11.9. The third-order valence-corrected chi connectivity index (χ3v) is 5.14. The Morgan fingerprint density at radius 3 is 2.76 bits per heavy atom. The molecule has 2 rings (SSSR count). The number of anilines is 1. The molecule has 0 radical (unpaired) electrons. The van der Waals surface area contributed by atoms with E-state index in [4.69, 9.17) is 5.73 Å². The molecule has 1 heterocycles. The lowest BCUT2D eigenvalue weighted by atomic mass is 10.1. The summed E-state index contributed by atoms with van der Waals surface area (Å²) in [6.07, 6.45) is 2.43. The van der Waals surface area contributed by atoms with Crippen molar-refractivity contribution >= 4 is 34.7 Å².